The lowest BCUT2D eigenvalue weighted by molar-refractivity contribution is -0.348. The molecule has 66 valence electrons. The molecular formula is C9H18O2. The molecule has 0 aliphatic rings. The van der Waals surface area contributed by atoms with Crippen molar-refractivity contribution in [3.8, 4) is 0 Å². The predicted octanol–water partition coefficient (Wildman–Crippen LogP) is 2.70. The summed E-state index contributed by atoms with van der Waals surface area (Å²) in [4.78, 5) is 10.1. The van der Waals surface area contributed by atoms with E-state index in [4.69, 9.17) is 9.78 Å². The molecule has 11 heavy (non-hydrogen) atoms. The molecule has 0 unspecified atom stereocenters. The van der Waals surface area contributed by atoms with Gasteiger partial charge in [0.15, 0.2) is 0 Å². The smallest absolute Gasteiger partial charge is 0.103 e. The highest BCUT2D eigenvalue weighted by Crippen LogP contribution is 2.13. The summed E-state index contributed by atoms with van der Waals surface area (Å²) >= 11 is 0. The van der Waals surface area contributed by atoms with Gasteiger partial charge in [0, 0.05) is 0 Å². The molecule has 0 fully saturated rings. The van der Waals surface area contributed by atoms with Crippen LogP contribution in [0.25, 0.3) is 0 Å². The van der Waals surface area contributed by atoms with Crippen molar-refractivity contribution in [3.05, 3.63) is 12.2 Å². The first-order valence-corrected chi connectivity index (χ1v) is 3.93. The minimum atomic E-state index is -0.185. The van der Waals surface area contributed by atoms with E-state index in [9.17, 15) is 0 Å². The quantitative estimate of drug-likeness (QED) is 0.348. The predicted molar refractivity (Wildman–Crippen MR) is 46.2 cm³/mol. The van der Waals surface area contributed by atoms with Gasteiger partial charge in [-0.25, -0.2) is 9.78 Å². The summed E-state index contributed by atoms with van der Waals surface area (Å²) in [6, 6.07) is 0. The molecular weight excluding hydrogens is 140 g/mol. The molecule has 0 aromatic carbocycles. The third kappa shape index (κ3) is 6.07. The van der Waals surface area contributed by atoms with E-state index in [-0.39, 0.29) is 5.60 Å². The maximum absolute atomic E-state index is 5.13. The van der Waals surface area contributed by atoms with Crippen molar-refractivity contribution >= 4 is 0 Å². The van der Waals surface area contributed by atoms with E-state index >= 15 is 0 Å². The zero-order valence-electron chi connectivity index (χ0n) is 7.94. The zero-order chi connectivity index (χ0) is 8.91. The van der Waals surface area contributed by atoms with Crippen LogP contribution in [0.3, 0.4) is 0 Å². The van der Waals surface area contributed by atoms with E-state index in [2.05, 4.69) is 13.5 Å². The summed E-state index contributed by atoms with van der Waals surface area (Å²) in [6.07, 6.45) is 0.934. The van der Waals surface area contributed by atoms with Crippen molar-refractivity contribution < 1.29 is 9.78 Å². The second-order valence-electron chi connectivity index (χ2n) is 3.42. The van der Waals surface area contributed by atoms with Gasteiger partial charge in [-0.2, -0.15) is 0 Å². The Hall–Kier alpha value is -0.340. The van der Waals surface area contributed by atoms with Crippen LogP contribution in [0.4, 0.5) is 0 Å². The first kappa shape index (κ1) is 10.7. The molecule has 2 heteroatoms. The summed E-state index contributed by atoms with van der Waals surface area (Å²) < 4.78 is 0. The van der Waals surface area contributed by atoms with Crippen molar-refractivity contribution in [2.45, 2.75) is 39.7 Å². The molecule has 0 rings (SSSR count). The lowest BCUT2D eigenvalue weighted by atomic mass is 10.1. The van der Waals surface area contributed by atoms with Gasteiger partial charge in [0.1, 0.15) is 6.61 Å². The highest BCUT2D eigenvalue weighted by Gasteiger charge is 2.16. The Morgan fingerprint density at radius 3 is 2.36 bits per heavy atom. The van der Waals surface area contributed by atoms with Gasteiger partial charge in [0.25, 0.3) is 0 Å². The lowest BCUT2D eigenvalue weighted by Gasteiger charge is -2.21. The monoisotopic (exact) mass is 158 g/mol. The fourth-order valence-electron chi connectivity index (χ4n) is 0.348. The van der Waals surface area contributed by atoms with E-state index in [1.54, 1.807) is 0 Å². The first-order chi connectivity index (χ1) is 4.98. The lowest BCUT2D eigenvalue weighted by Crippen LogP contribution is -2.23. The standard InChI is InChI=1S/C9H18O2/c1-6-9(4,5)11-10-7-8(2)3/h2,6-7H2,1,3-5H3. The molecule has 0 N–H and O–H groups in total. The van der Waals surface area contributed by atoms with E-state index in [1.165, 1.54) is 0 Å². The van der Waals surface area contributed by atoms with Crippen LogP contribution in [-0.2, 0) is 9.78 Å². The first-order valence-electron chi connectivity index (χ1n) is 3.93. The van der Waals surface area contributed by atoms with Gasteiger partial charge >= 0.3 is 0 Å². The van der Waals surface area contributed by atoms with E-state index in [1.807, 2.05) is 20.8 Å². The van der Waals surface area contributed by atoms with Crippen LogP contribution in [0.15, 0.2) is 12.2 Å². The van der Waals surface area contributed by atoms with Gasteiger partial charge in [0.05, 0.1) is 5.60 Å². The normalized spacial score (nSPS) is 11.6. The van der Waals surface area contributed by atoms with Gasteiger partial charge in [-0.15, -0.1) is 0 Å². The summed E-state index contributed by atoms with van der Waals surface area (Å²) in [5.74, 6) is 0. The molecule has 0 amide bonds. The van der Waals surface area contributed by atoms with Gasteiger partial charge in [-0.05, 0) is 27.2 Å². The molecule has 0 aromatic heterocycles. The largest absolute Gasteiger partial charge is 0.232 e. The SMILES string of the molecule is C=C(C)COOC(C)(C)CC. The van der Waals surface area contributed by atoms with E-state index in [0.29, 0.717) is 6.61 Å². The summed E-state index contributed by atoms with van der Waals surface area (Å²) in [5.41, 5.74) is 0.784. The van der Waals surface area contributed by atoms with Crippen molar-refractivity contribution in [2.75, 3.05) is 6.61 Å². The molecule has 0 radical (unpaired) electrons. The van der Waals surface area contributed by atoms with Crippen molar-refractivity contribution in [2.24, 2.45) is 0 Å². The second-order valence-corrected chi connectivity index (χ2v) is 3.42. The zero-order valence-corrected chi connectivity index (χ0v) is 7.94. The molecule has 0 heterocycles. The third-order valence-electron chi connectivity index (χ3n) is 1.44. The van der Waals surface area contributed by atoms with Gasteiger partial charge in [-0.3, -0.25) is 0 Å². The van der Waals surface area contributed by atoms with E-state index in [0.717, 1.165) is 12.0 Å². The molecule has 0 saturated heterocycles. The van der Waals surface area contributed by atoms with Gasteiger partial charge in [0.2, 0.25) is 0 Å². The van der Waals surface area contributed by atoms with Crippen LogP contribution < -0.4 is 0 Å². The Balaban J connectivity index is 3.45. The fraction of sp³-hybridized carbons (Fsp3) is 0.778. The molecule has 0 saturated carbocycles. The van der Waals surface area contributed by atoms with Crippen LogP contribution in [-0.4, -0.2) is 12.2 Å². The number of hydrogen-bond acceptors (Lipinski definition) is 2. The molecule has 0 aliphatic carbocycles. The van der Waals surface area contributed by atoms with Crippen LogP contribution in [0.2, 0.25) is 0 Å². The Labute approximate surface area is 69.1 Å². The Morgan fingerprint density at radius 1 is 1.45 bits per heavy atom. The van der Waals surface area contributed by atoms with Crippen molar-refractivity contribution in [1.29, 1.82) is 0 Å². The second kappa shape index (κ2) is 4.52. The molecule has 0 bridgehead atoms. The minimum absolute atomic E-state index is 0.185. The molecule has 0 spiro atoms. The topological polar surface area (TPSA) is 18.5 Å². The minimum Gasteiger partial charge on any atom is -0.232 e. The third-order valence-corrected chi connectivity index (χ3v) is 1.44. The Morgan fingerprint density at radius 2 is 2.00 bits per heavy atom. The van der Waals surface area contributed by atoms with E-state index < -0.39 is 0 Å². The van der Waals surface area contributed by atoms with Crippen LogP contribution in [0, 0.1) is 0 Å². The Bertz CT molecular complexity index is 128. The maximum atomic E-state index is 5.13. The fourth-order valence-corrected chi connectivity index (χ4v) is 0.348. The molecule has 2 nitrogen and oxygen atoms in total. The van der Waals surface area contributed by atoms with Gasteiger partial charge < -0.3 is 0 Å². The van der Waals surface area contributed by atoms with Crippen LogP contribution >= 0.6 is 0 Å². The van der Waals surface area contributed by atoms with Crippen molar-refractivity contribution in [1.82, 2.24) is 0 Å². The number of rotatable bonds is 5. The summed E-state index contributed by atoms with van der Waals surface area (Å²) in [6.45, 7) is 12.1. The summed E-state index contributed by atoms with van der Waals surface area (Å²) in [7, 11) is 0. The van der Waals surface area contributed by atoms with Crippen LogP contribution in [0.1, 0.15) is 34.1 Å². The molecule has 0 atom stereocenters. The molecule has 0 aliphatic heterocycles. The average molecular weight is 158 g/mol. The van der Waals surface area contributed by atoms with Gasteiger partial charge in [-0.1, -0.05) is 19.1 Å². The van der Waals surface area contributed by atoms with Crippen LogP contribution in [0.5, 0.6) is 0 Å². The maximum Gasteiger partial charge on any atom is 0.103 e. The highest BCUT2D eigenvalue weighted by atomic mass is 17.2. The summed E-state index contributed by atoms with van der Waals surface area (Å²) in [5, 5.41) is 0. The number of hydrogen-bond donors (Lipinski definition) is 0. The average Bonchev–Trinajstić information content (AvgIpc) is 1.87. The highest BCUT2D eigenvalue weighted by molar-refractivity contribution is 4.86. The molecule has 0 aromatic rings. The Kier molecular flexibility index (Phi) is 4.38. The van der Waals surface area contributed by atoms with Crippen molar-refractivity contribution in [3.63, 3.8) is 0 Å².